The molecule has 0 spiro atoms. The van der Waals surface area contributed by atoms with Crippen molar-refractivity contribution in [2.75, 3.05) is 7.11 Å². The van der Waals surface area contributed by atoms with Crippen LogP contribution in [-0.4, -0.2) is 31.3 Å². The molecule has 1 atom stereocenters. The second kappa shape index (κ2) is 12.2. The highest BCUT2D eigenvalue weighted by Gasteiger charge is 2.14. The summed E-state index contributed by atoms with van der Waals surface area (Å²) in [6, 6.07) is 31.0. The van der Waals surface area contributed by atoms with Crippen LogP contribution >= 0.6 is 0 Å². The van der Waals surface area contributed by atoms with Crippen LogP contribution in [-0.2, 0) is 4.79 Å². The Morgan fingerprint density at radius 2 is 1.46 bits per heavy atom. The highest BCUT2D eigenvalue weighted by Crippen LogP contribution is 2.22. The number of hydrogen-bond donors (Lipinski definition) is 1. The molecule has 4 aromatic rings. The van der Waals surface area contributed by atoms with Gasteiger partial charge < -0.3 is 14.2 Å². The lowest BCUT2D eigenvalue weighted by Gasteiger charge is -2.13. The van der Waals surface area contributed by atoms with Crippen LogP contribution in [0.25, 0.3) is 11.1 Å². The van der Waals surface area contributed by atoms with Crippen LogP contribution in [0, 0.1) is 0 Å². The number of nitrogens with one attached hydrogen (secondary N) is 1. The van der Waals surface area contributed by atoms with E-state index < -0.39 is 18.0 Å². The van der Waals surface area contributed by atoms with Crippen molar-refractivity contribution in [3.8, 4) is 28.4 Å². The number of ether oxygens (including phenoxy) is 3. The van der Waals surface area contributed by atoms with Crippen molar-refractivity contribution in [2.24, 2.45) is 5.10 Å². The van der Waals surface area contributed by atoms with E-state index in [1.165, 1.54) is 6.21 Å². The summed E-state index contributed by atoms with van der Waals surface area (Å²) in [6.45, 7) is 1.65. The summed E-state index contributed by atoms with van der Waals surface area (Å²) in [5, 5.41) is 4.00. The fraction of sp³-hybridized carbons (Fsp3) is 0.100. The molecule has 186 valence electrons. The summed E-state index contributed by atoms with van der Waals surface area (Å²) < 4.78 is 16.3. The van der Waals surface area contributed by atoms with E-state index in [1.54, 1.807) is 62.6 Å². The smallest absolute Gasteiger partial charge is 0.343 e. The fourth-order valence-corrected chi connectivity index (χ4v) is 3.43. The SMILES string of the molecule is COc1ccc(C(=O)Oc2cccc(/C=N\NC(=O)[C@H](C)Oc3ccc(-c4ccccc4)cc3)c2)cc1. The van der Waals surface area contributed by atoms with Gasteiger partial charge in [-0.25, -0.2) is 10.2 Å². The van der Waals surface area contributed by atoms with Gasteiger partial charge in [0.1, 0.15) is 17.2 Å². The number of benzene rings is 4. The number of amides is 1. The third-order valence-electron chi connectivity index (χ3n) is 5.43. The highest BCUT2D eigenvalue weighted by atomic mass is 16.5. The predicted molar refractivity (Wildman–Crippen MR) is 142 cm³/mol. The van der Waals surface area contributed by atoms with Crippen molar-refractivity contribution in [2.45, 2.75) is 13.0 Å². The molecule has 1 amide bonds. The molecule has 0 saturated heterocycles. The Balaban J connectivity index is 1.29. The fourth-order valence-electron chi connectivity index (χ4n) is 3.43. The summed E-state index contributed by atoms with van der Waals surface area (Å²) in [5.41, 5.74) is 5.68. The Labute approximate surface area is 215 Å². The summed E-state index contributed by atoms with van der Waals surface area (Å²) in [6.07, 6.45) is 0.709. The number of hydrazone groups is 1. The van der Waals surface area contributed by atoms with Crippen LogP contribution in [0.1, 0.15) is 22.8 Å². The molecule has 7 heteroatoms. The van der Waals surface area contributed by atoms with Crippen LogP contribution in [0.5, 0.6) is 17.2 Å². The minimum atomic E-state index is -0.753. The first-order chi connectivity index (χ1) is 18.0. The minimum Gasteiger partial charge on any atom is -0.497 e. The zero-order valence-electron chi connectivity index (χ0n) is 20.5. The van der Waals surface area contributed by atoms with E-state index in [0.717, 1.165) is 11.1 Å². The Morgan fingerprint density at radius 3 is 2.16 bits per heavy atom. The van der Waals surface area contributed by atoms with Gasteiger partial charge in [0.05, 0.1) is 18.9 Å². The molecule has 4 aromatic carbocycles. The molecule has 0 aliphatic rings. The average Bonchev–Trinajstić information content (AvgIpc) is 2.94. The van der Waals surface area contributed by atoms with Crippen molar-refractivity contribution in [3.05, 3.63) is 114 Å². The average molecular weight is 495 g/mol. The van der Waals surface area contributed by atoms with Crippen LogP contribution in [0.15, 0.2) is 108 Å². The molecule has 0 saturated carbocycles. The molecule has 37 heavy (non-hydrogen) atoms. The van der Waals surface area contributed by atoms with Gasteiger partial charge in [-0.2, -0.15) is 5.10 Å². The number of carbonyl (C=O) groups is 2. The zero-order valence-corrected chi connectivity index (χ0v) is 20.5. The third kappa shape index (κ3) is 7.05. The van der Waals surface area contributed by atoms with Gasteiger partial charge in [-0.1, -0.05) is 54.6 Å². The molecule has 0 aromatic heterocycles. The molecule has 0 fully saturated rings. The lowest BCUT2D eigenvalue weighted by Crippen LogP contribution is -2.33. The topological polar surface area (TPSA) is 86.2 Å². The van der Waals surface area contributed by atoms with Gasteiger partial charge in [-0.05, 0) is 72.1 Å². The van der Waals surface area contributed by atoms with E-state index in [0.29, 0.717) is 28.4 Å². The van der Waals surface area contributed by atoms with Gasteiger partial charge >= 0.3 is 5.97 Å². The predicted octanol–water partition coefficient (Wildman–Crippen LogP) is 5.50. The van der Waals surface area contributed by atoms with Crippen LogP contribution in [0.2, 0.25) is 0 Å². The summed E-state index contributed by atoms with van der Waals surface area (Å²) in [4.78, 5) is 24.8. The highest BCUT2D eigenvalue weighted by molar-refractivity contribution is 5.91. The van der Waals surface area contributed by atoms with Crippen LogP contribution in [0.3, 0.4) is 0 Å². The molecule has 0 unspecified atom stereocenters. The number of esters is 1. The van der Waals surface area contributed by atoms with Crippen LogP contribution < -0.4 is 19.6 Å². The zero-order chi connectivity index (χ0) is 26.0. The first-order valence-corrected chi connectivity index (χ1v) is 11.6. The second-order valence-corrected chi connectivity index (χ2v) is 8.08. The molecule has 0 radical (unpaired) electrons. The maximum Gasteiger partial charge on any atom is 0.343 e. The third-order valence-corrected chi connectivity index (χ3v) is 5.43. The lowest BCUT2D eigenvalue weighted by molar-refractivity contribution is -0.127. The Hall–Kier alpha value is -4.91. The van der Waals surface area contributed by atoms with Crippen molar-refractivity contribution < 1.29 is 23.8 Å². The Kier molecular flexibility index (Phi) is 8.29. The molecular formula is C30H26N2O5. The maximum absolute atomic E-state index is 12.4. The maximum atomic E-state index is 12.4. The normalized spacial score (nSPS) is 11.5. The monoisotopic (exact) mass is 494 g/mol. The van der Waals surface area contributed by atoms with E-state index in [4.69, 9.17) is 14.2 Å². The van der Waals surface area contributed by atoms with E-state index in [2.05, 4.69) is 10.5 Å². The minimum absolute atomic E-state index is 0.353. The van der Waals surface area contributed by atoms with Gasteiger partial charge in [-0.15, -0.1) is 0 Å². The van der Waals surface area contributed by atoms with E-state index in [9.17, 15) is 9.59 Å². The molecule has 0 aliphatic carbocycles. The van der Waals surface area contributed by atoms with E-state index in [1.807, 2.05) is 54.6 Å². The van der Waals surface area contributed by atoms with Gasteiger partial charge in [0.25, 0.3) is 5.91 Å². The van der Waals surface area contributed by atoms with Crippen molar-refractivity contribution in [3.63, 3.8) is 0 Å². The summed E-state index contributed by atoms with van der Waals surface area (Å²) in [7, 11) is 1.56. The molecular weight excluding hydrogens is 468 g/mol. The molecule has 0 bridgehead atoms. The largest absolute Gasteiger partial charge is 0.497 e. The van der Waals surface area contributed by atoms with Gasteiger partial charge in [0.2, 0.25) is 0 Å². The number of rotatable bonds is 9. The van der Waals surface area contributed by atoms with Crippen molar-refractivity contribution in [1.82, 2.24) is 5.43 Å². The standard InChI is InChI=1S/C30H26N2O5/c1-21(36-27-17-11-24(12-18-27)23-8-4-3-5-9-23)29(33)32-31-20-22-7-6-10-28(19-22)37-30(34)25-13-15-26(35-2)16-14-25/h3-21H,1-2H3,(H,32,33)/b31-20-/t21-/m0/s1. The summed E-state index contributed by atoms with van der Waals surface area (Å²) in [5.74, 6) is 0.695. The first-order valence-electron chi connectivity index (χ1n) is 11.6. The van der Waals surface area contributed by atoms with Crippen LogP contribution in [0.4, 0.5) is 0 Å². The van der Waals surface area contributed by atoms with Gasteiger partial charge in [0.15, 0.2) is 6.10 Å². The molecule has 1 N–H and O–H groups in total. The first kappa shape index (κ1) is 25.2. The molecule has 0 heterocycles. The number of nitrogens with zero attached hydrogens (tertiary/aromatic N) is 1. The quantitative estimate of drug-likeness (QED) is 0.144. The van der Waals surface area contributed by atoms with Crippen molar-refractivity contribution >= 4 is 18.1 Å². The van der Waals surface area contributed by atoms with Gasteiger partial charge in [-0.3, -0.25) is 4.79 Å². The number of hydrogen-bond acceptors (Lipinski definition) is 6. The van der Waals surface area contributed by atoms with E-state index in [-0.39, 0.29) is 0 Å². The Morgan fingerprint density at radius 1 is 0.784 bits per heavy atom. The van der Waals surface area contributed by atoms with Gasteiger partial charge in [0, 0.05) is 0 Å². The Bertz CT molecular complexity index is 1370. The van der Waals surface area contributed by atoms with Crippen molar-refractivity contribution in [1.29, 1.82) is 0 Å². The lowest BCUT2D eigenvalue weighted by atomic mass is 10.1. The van der Waals surface area contributed by atoms with E-state index >= 15 is 0 Å². The molecule has 4 rings (SSSR count). The molecule has 7 nitrogen and oxygen atoms in total. The number of carbonyl (C=O) groups excluding carboxylic acids is 2. The number of methoxy groups -OCH3 is 1. The molecule has 0 aliphatic heterocycles. The second-order valence-electron chi connectivity index (χ2n) is 8.08. The summed E-state index contributed by atoms with van der Waals surface area (Å²) >= 11 is 0.